The first-order chi connectivity index (χ1) is 20.4. The highest BCUT2D eigenvalue weighted by molar-refractivity contribution is 5.96. The Labute approximate surface area is 244 Å². The minimum absolute atomic E-state index is 0.0552. The Hall–Kier alpha value is -4.98. The number of esters is 2. The predicted octanol–water partition coefficient (Wildman–Crippen LogP) is 4.88. The summed E-state index contributed by atoms with van der Waals surface area (Å²) in [5.74, 6) is -2.18. The van der Waals surface area contributed by atoms with Crippen LogP contribution in [0.4, 0.5) is 0 Å². The Kier molecular flexibility index (Phi) is 10.8. The lowest BCUT2D eigenvalue weighted by molar-refractivity contribution is -0.153. The van der Waals surface area contributed by atoms with E-state index in [4.69, 9.17) is 15.2 Å². The lowest BCUT2D eigenvalue weighted by atomic mass is 10.0. The van der Waals surface area contributed by atoms with E-state index in [-0.39, 0.29) is 38.7 Å². The molecule has 0 spiro atoms. The largest absolute Gasteiger partial charge is 0.461 e. The van der Waals surface area contributed by atoms with Crippen molar-refractivity contribution in [2.75, 3.05) is 0 Å². The Morgan fingerprint density at radius 2 is 1.43 bits per heavy atom. The van der Waals surface area contributed by atoms with Crippen molar-refractivity contribution in [3.05, 3.63) is 120 Å². The van der Waals surface area contributed by atoms with Crippen LogP contribution in [0, 0.1) is 0 Å². The molecule has 4 aromatic carbocycles. The summed E-state index contributed by atoms with van der Waals surface area (Å²) in [6, 6.07) is 30.5. The number of rotatable bonds is 14. The van der Waals surface area contributed by atoms with Crippen molar-refractivity contribution in [3.8, 4) is 0 Å². The SMILES string of the molecule is NC(=O)C[C@H](Cc1ccc2ccccc2c1)OC(=O)[C@H](CCCC(=O)OCc1ccccc1)NC(=O)c1ccccc1. The second kappa shape index (κ2) is 15.1. The third-order valence-corrected chi connectivity index (χ3v) is 6.73. The third kappa shape index (κ3) is 9.30. The molecule has 0 bridgehead atoms. The zero-order valence-electron chi connectivity index (χ0n) is 23.2. The molecule has 4 aromatic rings. The lowest BCUT2D eigenvalue weighted by Crippen LogP contribution is -2.43. The molecule has 0 saturated carbocycles. The van der Waals surface area contributed by atoms with Gasteiger partial charge in [-0.1, -0.05) is 91.0 Å². The highest BCUT2D eigenvalue weighted by Gasteiger charge is 2.27. The van der Waals surface area contributed by atoms with Crippen molar-refractivity contribution in [2.24, 2.45) is 5.73 Å². The molecular formula is C34H34N2O6. The second-order valence-corrected chi connectivity index (χ2v) is 10.0. The van der Waals surface area contributed by atoms with Crippen LogP contribution in [0.1, 0.15) is 47.2 Å². The first-order valence-electron chi connectivity index (χ1n) is 13.9. The summed E-state index contributed by atoms with van der Waals surface area (Å²) in [6.07, 6.45) is -0.276. The second-order valence-electron chi connectivity index (χ2n) is 10.0. The number of primary amides is 1. The number of ether oxygens (including phenoxy) is 2. The predicted molar refractivity (Wildman–Crippen MR) is 159 cm³/mol. The van der Waals surface area contributed by atoms with Crippen molar-refractivity contribution < 1.29 is 28.7 Å². The van der Waals surface area contributed by atoms with Crippen LogP contribution in [-0.2, 0) is 36.9 Å². The zero-order valence-corrected chi connectivity index (χ0v) is 23.2. The van der Waals surface area contributed by atoms with E-state index in [0.717, 1.165) is 21.9 Å². The summed E-state index contributed by atoms with van der Waals surface area (Å²) in [5, 5.41) is 4.81. The number of amides is 2. The van der Waals surface area contributed by atoms with Crippen LogP contribution >= 0.6 is 0 Å². The normalized spacial score (nSPS) is 12.2. The average Bonchev–Trinajstić information content (AvgIpc) is 3.00. The smallest absolute Gasteiger partial charge is 0.328 e. The van der Waals surface area contributed by atoms with Crippen LogP contribution in [-0.4, -0.2) is 35.9 Å². The molecule has 0 heterocycles. The van der Waals surface area contributed by atoms with E-state index in [1.165, 1.54) is 0 Å². The molecule has 0 saturated heterocycles. The van der Waals surface area contributed by atoms with Gasteiger partial charge in [0.05, 0.1) is 6.42 Å². The Morgan fingerprint density at radius 1 is 0.762 bits per heavy atom. The minimum atomic E-state index is -1.05. The maximum Gasteiger partial charge on any atom is 0.328 e. The Bertz CT molecular complexity index is 1510. The molecule has 0 aliphatic rings. The van der Waals surface area contributed by atoms with Crippen molar-refractivity contribution in [3.63, 3.8) is 0 Å². The van der Waals surface area contributed by atoms with E-state index in [1.54, 1.807) is 30.3 Å². The van der Waals surface area contributed by atoms with Gasteiger partial charge < -0.3 is 20.5 Å². The minimum Gasteiger partial charge on any atom is -0.461 e. The molecule has 0 aliphatic heterocycles. The van der Waals surface area contributed by atoms with Crippen molar-refractivity contribution in [1.82, 2.24) is 5.32 Å². The topological polar surface area (TPSA) is 125 Å². The molecule has 4 rings (SSSR count). The summed E-state index contributed by atoms with van der Waals surface area (Å²) in [7, 11) is 0. The fourth-order valence-corrected chi connectivity index (χ4v) is 4.60. The van der Waals surface area contributed by atoms with Gasteiger partial charge in [-0.25, -0.2) is 4.79 Å². The summed E-state index contributed by atoms with van der Waals surface area (Å²) in [5.41, 5.74) is 7.60. The quantitative estimate of drug-likeness (QED) is 0.210. The Balaban J connectivity index is 1.41. The molecule has 2 atom stereocenters. The first kappa shape index (κ1) is 30.0. The van der Waals surface area contributed by atoms with Crippen LogP contribution in [0.2, 0.25) is 0 Å². The van der Waals surface area contributed by atoms with E-state index in [2.05, 4.69) is 5.32 Å². The highest BCUT2D eigenvalue weighted by Crippen LogP contribution is 2.19. The maximum atomic E-state index is 13.4. The molecule has 8 nitrogen and oxygen atoms in total. The van der Waals surface area contributed by atoms with Crippen molar-refractivity contribution in [2.45, 2.75) is 50.9 Å². The molecule has 0 fully saturated rings. The number of fused-ring (bicyclic) bond motifs is 1. The number of hydrogen-bond donors (Lipinski definition) is 2. The van der Waals surface area contributed by atoms with Crippen LogP contribution in [0.3, 0.4) is 0 Å². The average molecular weight is 567 g/mol. The van der Waals surface area contributed by atoms with Gasteiger partial charge in [-0.2, -0.15) is 0 Å². The lowest BCUT2D eigenvalue weighted by Gasteiger charge is -2.22. The molecule has 0 aliphatic carbocycles. The van der Waals surface area contributed by atoms with Crippen molar-refractivity contribution >= 4 is 34.5 Å². The van der Waals surface area contributed by atoms with Gasteiger partial charge in [0.15, 0.2) is 0 Å². The van der Waals surface area contributed by atoms with Gasteiger partial charge >= 0.3 is 11.9 Å². The van der Waals surface area contributed by atoms with Gasteiger partial charge in [0.25, 0.3) is 5.91 Å². The molecule has 0 unspecified atom stereocenters. The summed E-state index contributed by atoms with van der Waals surface area (Å²) >= 11 is 0. The van der Waals surface area contributed by atoms with Gasteiger partial charge in [0, 0.05) is 18.4 Å². The number of carbonyl (C=O) groups excluding carboxylic acids is 4. The van der Waals surface area contributed by atoms with Crippen LogP contribution in [0.5, 0.6) is 0 Å². The fourth-order valence-electron chi connectivity index (χ4n) is 4.60. The molecule has 8 heteroatoms. The number of carbonyl (C=O) groups is 4. The molecular weight excluding hydrogens is 532 g/mol. The number of benzene rings is 4. The molecule has 216 valence electrons. The summed E-state index contributed by atoms with van der Waals surface area (Å²) < 4.78 is 11.1. The standard InChI is InChI=1S/C34H34N2O6/c35-31(37)22-29(21-25-18-19-26-12-7-8-15-28(26)20-25)42-34(40)30(36-33(39)27-13-5-2-6-14-27)16-9-17-32(38)41-23-24-10-3-1-4-11-24/h1-8,10-15,18-20,29-30H,9,16-17,21-23H2,(H2,35,37)(H,36,39)/t29-,30-/m0/s1. The highest BCUT2D eigenvalue weighted by atomic mass is 16.5. The van der Waals surface area contributed by atoms with Gasteiger partial charge in [0.1, 0.15) is 18.8 Å². The van der Waals surface area contributed by atoms with Gasteiger partial charge in [-0.15, -0.1) is 0 Å². The monoisotopic (exact) mass is 566 g/mol. The van der Waals surface area contributed by atoms with Crippen LogP contribution in [0.15, 0.2) is 103 Å². The Morgan fingerprint density at radius 3 is 2.14 bits per heavy atom. The molecule has 2 amide bonds. The fraction of sp³-hybridized carbons (Fsp3) is 0.235. The molecule has 3 N–H and O–H groups in total. The van der Waals surface area contributed by atoms with E-state index in [1.807, 2.05) is 72.8 Å². The first-order valence-corrected chi connectivity index (χ1v) is 13.9. The van der Waals surface area contributed by atoms with Crippen LogP contribution < -0.4 is 11.1 Å². The summed E-state index contributed by atoms with van der Waals surface area (Å²) in [4.78, 5) is 50.5. The van der Waals surface area contributed by atoms with Gasteiger partial charge in [-0.05, 0) is 46.9 Å². The van der Waals surface area contributed by atoms with Crippen molar-refractivity contribution in [1.29, 1.82) is 0 Å². The van der Waals surface area contributed by atoms with Gasteiger partial charge in [-0.3, -0.25) is 14.4 Å². The van der Waals surface area contributed by atoms with E-state index in [0.29, 0.717) is 5.56 Å². The number of nitrogens with two attached hydrogens (primary N) is 1. The summed E-state index contributed by atoms with van der Waals surface area (Å²) in [6.45, 7) is 0.152. The number of nitrogens with one attached hydrogen (secondary N) is 1. The van der Waals surface area contributed by atoms with E-state index < -0.39 is 35.9 Å². The number of hydrogen-bond acceptors (Lipinski definition) is 6. The van der Waals surface area contributed by atoms with E-state index in [9.17, 15) is 19.2 Å². The molecule has 0 radical (unpaired) electrons. The maximum absolute atomic E-state index is 13.4. The molecule has 0 aromatic heterocycles. The van der Waals surface area contributed by atoms with Gasteiger partial charge in [0.2, 0.25) is 5.91 Å². The van der Waals surface area contributed by atoms with E-state index >= 15 is 0 Å². The van der Waals surface area contributed by atoms with Crippen LogP contribution in [0.25, 0.3) is 10.8 Å². The zero-order chi connectivity index (χ0) is 29.7. The molecule has 42 heavy (non-hydrogen) atoms. The third-order valence-electron chi connectivity index (χ3n) is 6.73.